The summed E-state index contributed by atoms with van der Waals surface area (Å²) in [5, 5.41) is 21.5. The fourth-order valence-electron chi connectivity index (χ4n) is 5.50. The van der Waals surface area contributed by atoms with Crippen LogP contribution in [-0.4, -0.2) is 77.7 Å². The number of anilines is 5. The topological polar surface area (TPSA) is 163 Å². The first-order chi connectivity index (χ1) is 21.1. The fraction of sp³-hybridized carbons (Fsp3) is 0.400. The Morgan fingerprint density at radius 2 is 1.89 bits per heavy atom. The van der Waals surface area contributed by atoms with Gasteiger partial charge in [-0.2, -0.15) is 4.98 Å². The smallest absolute Gasteiger partial charge is 0.229 e. The summed E-state index contributed by atoms with van der Waals surface area (Å²) in [6.45, 7) is 8.32. The Morgan fingerprint density at radius 3 is 2.57 bits per heavy atom. The molecule has 0 bridgehead atoms. The number of methoxy groups -OCH3 is 1. The molecule has 2 aromatic heterocycles. The first kappa shape index (κ1) is 32.1. The highest BCUT2D eigenvalue weighted by molar-refractivity contribution is 9.10. The molecular weight excluding hydrogens is 645 g/mol. The van der Waals surface area contributed by atoms with Gasteiger partial charge in [-0.15, -0.1) is 0 Å². The molecule has 4 aromatic rings. The van der Waals surface area contributed by atoms with Crippen LogP contribution >= 0.6 is 23.1 Å². The van der Waals surface area contributed by atoms with E-state index < -0.39 is 13.2 Å². The molecule has 12 nitrogen and oxygen atoms in total. The van der Waals surface area contributed by atoms with Gasteiger partial charge in [-0.05, 0) is 67.2 Å². The Bertz CT molecular complexity index is 1680. The number of nitrogens with two attached hydrogens (primary N) is 1. The van der Waals surface area contributed by atoms with E-state index in [4.69, 9.17) is 15.5 Å². The third-order valence-electron chi connectivity index (χ3n) is 7.61. The normalized spacial score (nSPS) is 14.9. The van der Waals surface area contributed by atoms with Crippen LogP contribution in [0.5, 0.6) is 5.75 Å². The average molecular weight is 685 g/mol. The van der Waals surface area contributed by atoms with Gasteiger partial charge in [0.25, 0.3) is 0 Å². The van der Waals surface area contributed by atoms with Crippen molar-refractivity contribution in [1.29, 1.82) is 0 Å². The summed E-state index contributed by atoms with van der Waals surface area (Å²) in [4.78, 5) is 20.3. The predicted octanol–water partition coefficient (Wildman–Crippen LogP) is 4.50. The fourth-order valence-corrected chi connectivity index (χ4v) is 7.19. The summed E-state index contributed by atoms with van der Waals surface area (Å²) in [5.74, 6) is 1.38. The molecule has 2 aromatic carbocycles. The van der Waals surface area contributed by atoms with Crippen molar-refractivity contribution in [2.45, 2.75) is 31.9 Å². The van der Waals surface area contributed by atoms with Crippen LogP contribution in [0.25, 0.3) is 11.0 Å². The van der Waals surface area contributed by atoms with Gasteiger partial charge in [0.05, 0.1) is 39.9 Å². The maximum atomic E-state index is 13.4. The number of nitrogens with one attached hydrogen (secondary N) is 3. The molecular formula is C30H39BrN9O3P. The lowest BCUT2D eigenvalue weighted by atomic mass is 10.0. The van der Waals surface area contributed by atoms with E-state index in [0.717, 1.165) is 43.7 Å². The van der Waals surface area contributed by atoms with Crippen LogP contribution in [0.2, 0.25) is 0 Å². The molecule has 1 atom stereocenters. The molecule has 1 unspecified atom stereocenters. The van der Waals surface area contributed by atoms with Gasteiger partial charge >= 0.3 is 0 Å². The molecule has 0 spiro atoms. The second-order valence-corrected chi connectivity index (χ2v) is 15.2. The zero-order valence-corrected chi connectivity index (χ0v) is 27.8. The predicted molar refractivity (Wildman–Crippen MR) is 181 cm³/mol. The van der Waals surface area contributed by atoms with Gasteiger partial charge in [-0.1, -0.05) is 0 Å². The first-order valence-corrected chi connectivity index (χ1v) is 17.9. The zero-order chi connectivity index (χ0) is 31.4. The minimum atomic E-state index is -2.76. The molecule has 1 aliphatic heterocycles. The maximum Gasteiger partial charge on any atom is 0.229 e. The van der Waals surface area contributed by atoms with E-state index in [1.807, 2.05) is 24.3 Å². The van der Waals surface area contributed by atoms with Crippen molar-refractivity contribution in [2.75, 3.05) is 62.2 Å². The van der Waals surface area contributed by atoms with Crippen molar-refractivity contribution in [3.63, 3.8) is 0 Å². The van der Waals surface area contributed by atoms with E-state index in [1.165, 1.54) is 0 Å². The van der Waals surface area contributed by atoms with E-state index in [9.17, 15) is 9.67 Å². The number of rotatable bonds is 11. The van der Waals surface area contributed by atoms with E-state index >= 15 is 0 Å². The third-order valence-corrected chi connectivity index (χ3v) is 9.72. The molecule has 3 heterocycles. The second-order valence-electron chi connectivity index (χ2n) is 11.2. The number of hydrogen-bond acceptors (Lipinski definition) is 12. The van der Waals surface area contributed by atoms with Crippen LogP contribution in [0.4, 0.5) is 28.8 Å². The number of hydrogen-bond donors (Lipinski definition) is 5. The van der Waals surface area contributed by atoms with Crippen LogP contribution < -0.4 is 36.6 Å². The minimum absolute atomic E-state index is 0.309. The molecule has 0 aliphatic carbocycles. The van der Waals surface area contributed by atoms with Gasteiger partial charge < -0.3 is 41.0 Å². The van der Waals surface area contributed by atoms with Crippen molar-refractivity contribution in [2.24, 2.45) is 5.73 Å². The Kier molecular flexibility index (Phi) is 10.0. The van der Waals surface area contributed by atoms with Crippen LogP contribution in [0.15, 0.2) is 47.3 Å². The van der Waals surface area contributed by atoms with Gasteiger partial charge in [0, 0.05) is 68.1 Å². The lowest BCUT2D eigenvalue weighted by Crippen LogP contribution is -2.44. The van der Waals surface area contributed by atoms with Crippen LogP contribution in [-0.2, 0) is 4.57 Å². The molecule has 0 radical (unpaired) electrons. The van der Waals surface area contributed by atoms with Crippen molar-refractivity contribution in [3.05, 3.63) is 52.9 Å². The van der Waals surface area contributed by atoms with Crippen LogP contribution in [0.3, 0.4) is 0 Å². The molecule has 234 valence electrons. The number of aromatic nitrogens is 4. The lowest BCUT2D eigenvalue weighted by molar-refractivity contribution is 0.199. The Morgan fingerprint density at radius 1 is 1.14 bits per heavy atom. The summed E-state index contributed by atoms with van der Waals surface area (Å²) >= 11 is 3.54. The second kappa shape index (κ2) is 13.7. The van der Waals surface area contributed by atoms with Crippen LogP contribution in [0, 0.1) is 0 Å². The molecule has 1 saturated heterocycles. The number of ether oxygens (including phenoxy) is 1. The van der Waals surface area contributed by atoms with Gasteiger partial charge in [0.15, 0.2) is 0 Å². The third kappa shape index (κ3) is 7.13. The van der Waals surface area contributed by atoms with Gasteiger partial charge in [0.2, 0.25) is 5.95 Å². The minimum Gasteiger partial charge on any atom is -0.494 e. The van der Waals surface area contributed by atoms with Gasteiger partial charge in [-0.3, -0.25) is 9.97 Å². The number of nitrogens with zero attached hydrogens (tertiary/aromatic N) is 5. The highest BCUT2D eigenvalue weighted by atomic mass is 79.9. The maximum absolute atomic E-state index is 13.4. The summed E-state index contributed by atoms with van der Waals surface area (Å²) in [6.07, 6.45) is 6.11. The zero-order valence-electron chi connectivity index (χ0n) is 25.3. The van der Waals surface area contributed by atoms with Crippen molar-refractivity contribution < 1.29 is 14.4 Å². The van der Waals surface area contributed by atoms with E-state index in [-0.39, 0.29) is 0 Å². The van der Waals surface area contributed by atoms with E-state index in [1.54, 1.807) is 46.0 Å². The number of halogens is 1. The lowest BCUT2D eigenvalue weighted by Gasteiger charge is -2.36. The number of aliphatic hydroxyl groups excluding tert-OH is 1. The van der Waals surface area contributed by atoms with Crippen LogP contribution in [0.1, 0.15) is 31.4 Å². The molecule has 14 heteroatoms. The first-order valence-electron chi connectivity index (χ1n) is 14.5. The van der Waals surface area contributed by atoms with Crippen molar-refractivity contribution >= 4 is 68.2 Å². The Balaban J connectivity index is 1.44. The van der Waals surface area contributed by atoms with E-state index in [2.05, 4.69) is 51.7 Å². The van der Waals surface area contributed by atoms with E-state index in [0.29, 0.717) is 62.3 Å². The number of aliphatic hydroxyl groups is 1. The highest BCUT2D eigenvalue weighted by Gasteiger charge is 2.25. The monoisotopic (exact) mass is 683 g/mol. The summed E-state index contributed by atoms with van der Waals surface area (Å²) in [6, 6.07) is 7.95. The molecule has 44 heavy (non-hydrogen) atoms. The summed E-state index contributed by atoms with van der Waals surface area (Å²) < 4.78 is 19.8. The SMILES string of the molecule is COc1cc(N2CCC(NCCN)CC2)c(C(C)O)cc1Nc1ncc(Br)c(Nc2ccc3nccnc3c2P(C)(C)=O)n1. The quantitative estimate of drug-likeness (QED) is 0.141. The molecule has 0 amide bonds. The standard InChI is InChI=1S/C30H39BrN9O3P/c1-18(41)20-15-24(26(43-2)16-25(20)40-13-7-19(8-14-40)33-10-9-32)38-30-36-17-21(31)29(39-30)37-23-6-5-22-27(35-12-11-34-22)28(23)44(3,4)42/h5-6,11-12,15-19,33,41H,7-10,13-14,32H2,1-4H3,(H2,36,37,38,39). The van der Waals surface area contributed by atoms with Gasteiger partial charge in [0.1, 0.15) is 24.2 Å². The largest absolute Gasteiger partial charge is 0.494 e. The molecule has 6 N–H and O–H groups in total. The highest BCUT2D eigenvalue weighted by Crippen LogP contribution is 2.42. The van der Waals surface area contributed by atoms with Crippen molar-refractivity contribution in [1.82, 2.24) is 25.3 Å². The number of piperidine rings is 1. The molecule has 1 fully saturated rings. The molecule has 0 saturated carbocycles. The molecule has 1 aliphatic rings. The Labute approximate surface area is 265 Å². The molecule has 5 rings (SSSR count). The average Bonchev–Trinajstić information content (AvgIpc) is 3.01. The summed E-state index contributed by atoms with van der Waals surface area (Å²) in [5.41, 5.74) is 9.87. The Hall–Kier alpha value is -3.35. The number of benzene rings is 2. The summed E-state index contributed by atoms with van der Waals surface area (Å²) in [7, 11) is -1.15. The van der Waals surface area contributed by atoms with Crippen molar-refractivity contribution in [3.8, 4) is 5.75 Å². The van der Waals surface area contributed by atoms with Gasteiger partial charge in [-0.25, -0.2) is 4.98 Å². The number of fused-ring (bicyclic) bond motifs is 1.